The molecule has 0 saturated carbocycles. The maximum absolute atomic E-state index is 13.5. The molecule has 154 valence electrons. The molecule has 0 aliphatic rings. The molecule has 3 aromatic rings. The Balaban J connectivity index is 1.92. The number of fused-ring (bicyclic) bond motifs is 1. The molecule has 1 amide bonds. The van der Waals surface area contributed by atoms with Crippen molar-refractivity contribution >= 4 is 22.9 Å². The summed E-state index contributed by atoms with van der Waals surface area (Å²) in [6.45, 7) is 3.38. The number of nitrogens with zero attached hydrogens (tertiary/aromatic N) is 3. The minimum Gasteiger partial charge on any atom is -0.378 e. The van der Waals surface area contributed by atoms with Crippen molar-refractivity contribution in [2.45, 2.75) is 26.4 Å². The number of amides is 1. The van der Waals surface area contributed by atoms with Gasteiger partial charge in [0.05, 0.1) is 17.7 Å². The second-order valence-electron chi connectivity index (χ2n) is 6.92. The van der Waals surface area contributed by atoms with Crippen LogP contribution in [-0.2, 0) is 17.4 Å². The molecule has 0 bridgehead atoms. The van der Waals surface area contributed by atoms with E-state index >= 15 is 0 Å². The number of alkyl halides is 3. The summed E-state index contributed by atoms with van der Waals surface area (Å²) in [6.07, 6.45) is -4.81. The Bertz CT molecular complexity index is 1150. The lowest BCUT2D eigenvalue weighted by molar-refractivity contribution is -0.136. The Hall–Kier alpha value is -3.30. The topological polar surface area (TPSA) is 82.5 Å². The molecule has 10 heteroatoms. The third kappa shape index (κ3) is 4.10. The van der Waals surface area contributed by atoms with Crippen LogP contribution in [-0.4, -0.2) is 34.6 Å². The lowest BCUT2D eigenvalue weighted by atomic mass is 10.1. The fourth-order valence-corrected chi connectivity index (χ4v) is 3.12. The summed E-state index contributed by atoms with van der Waals surface area (Å²) < 4.78 is 41.8. The number of hydrogen-bond donors (Lipinski definition) is 2. The average molecular weight is 407 g/mol. The first-order chi connectivity index (χ1) is 13.5. The third-order valence-electron chi connectivity index (χ3n) is 4.64. The molecule has 0 radical (unpaired) electrons. The van der Waals surface area contributed by atoms with Gasteiger partial charge < -0.3 is 10.2 Å². The van der Waals surface area contributed by atoms with Gasteiger partial charge in [-0.3, -0.25) is 14.7 Å². The van der Waals surface area contributed by atoms with Crippen molar-refractivity contribution in [3.63, 3.8) is 0 Å². The van der Waals surface area contributed by atoms with Crippen molar-refractivity contribution in [3.05, 3.63) is 57.1 Å². The monoisotopic (exact) mass is 407 g/mol. The van der Waals surface area contributed by atoms with E-state index in [1.54, 1.807) is 32.8 Å². The number of carbonyl (C=O) groups is 1. The highest BCUT2D eigenvalue weighted by Gasteiger charge is 2.34. The van der Waals surface area contributed by atoms with Gasteiger partial charge >= 0.3 is 6.18 Å². The predicted molar refractivity (Wildman–Crippen MR) is 103 cm³/mol. The molecule has 7 nitrogen and oxygen atoms in total. The van der Waals surface area contributed by atoms with Gasteiger partial charge in [-0.05, 0) is 32.0 Å². The van der Waals surface area contributed by atoms with Crippen LogP contribution in [0.3, 0.4) is 0 Å². The number of carbonyl (C=O) groups excluding carboxylic acids is 1. The van der Waals surface area contributed by atoms with Crippen LogP contribution in [0.1, 0.15) is 22.5 Å². The molecule has 0 fully saturated rings. The number of benzene rings is 1. The van der Waals surface area contributed by atoms with Crippen molar-refractivity contribution in [2.75, 3.05) is 24.3 Å². The van der Waals surface area contributed by atoms with E-state index in [-0.39, 0.29) is 17.7 Å². The van der Waals surface area contributed by atoms with Crippen LogP contribution in [0, 0.1) is 13.8 Å². The normalized spacial score (nSPS) is 11.7. The van der Waals surface area contributed by atoms with Crippen molar-refractivity contribution in [1.29, 1.82) is 0 Å². The van der Waals surface area contributed by atoms with Crippen molar-refractivity contribution in [1.82, 2.24) is 14.6 Å². The fourth-order valence-electron chi connectivity index (χ4n) is 3.12. The van der Waals surface area contributed by atoms with Crippen molar-refractivity contribution < 1.29 is 18.0 Å². The molecule has 2 aromatic heterocycles. The van der Waals surface area contributed by atoms with Gasteiger partial charge in [-0.2, -0.15) is 13.2 Å². The van der Waals surface area contributed by atoms with E-state index in [1.165, 1.54) is 22.7 Å². The highest BCUT2D eigenvalue weighted by atomic mass is 19.4. The van der Waals surface area contributed by atoms with Gasteiger partial charge in [-0.25, -0.2) is 9.50 Å². The zero-order valence-corrected chi connectivity index (χ0v) is 16.3. The van der Waals surface area contributed by atoms with Crippen molar-refractivity contribution in [2.24, 2.45) is 0 Å². The molecule has 0 aliphatic carbocycles. The Morgan fingerprint density at radius 2 is 1.93 bits per heavy atom. The molecule has 0 atom stereocenters. The van der Waals surface area contributed by atoms with Crippen LogP contribution in [0.4, 0.5) is 24.5 Å². The second kappa shape index (κ2) is 7.26. The average Bonchev–Trinajstić information content (AvgIpc) is 2.98. The SMILES string of the molecule is Cc1nc2cc(=O)[nH]n2c(C)c1CC(=O)Nc1ccc(N(C)C)cc1C(F)(F)F. The number of aromatic nitrogens is 3. The molecule has 2 N–H and O–H groups in total. The number of H-pyrrole nitrogens is 1. The van der Waals surface area contributed by atoms with E-state index in [0.717, 1.165) is 6.07 Å². The zero-order chi connectivity index (χ0) is 21.5. The Labute approximate surface area is 164 Å². The summed E-state index contributed by atoms with van der Waals surface area (Å²) in [5.74, 6) is -0.616. The smallest absolute Gasteiger partial charge is 0.378 e. The van der Waals surface area contributed by atoms with Gasteiger partial charge in [-0.15, -0.1) is 0 Å². The molecule has 0 spiro atoms. The van der Waals surface area contributed by atoms with E-state index in [4.69, 9.17) is 0 Å². The summed E-state index contributed by atoms with van der Waals surface area (Å²) in [5, 5.41) is 4.93. The molecule has 3 rings (SSSR count). The Morgan fingerprint density at radius 3 is 2.55 bits per heavy atom. The van der Waals surface area contributed by atoms with Crippen molar-refractivity contribution in [3.8, 4) is 0 Å². The Morgan fingerprint density at radius 1 is 1.24 bits per heavy atom. The summed E-state index contributed by atoms with van der Waals surface area (Å²) in [5.41, 5.74) is 0.846. The molecule has 0 unspecified atom stereocenters. The summed E-state index contributed by atoms with van der Waals surface area (Å²) in [4.78, 5) is 29.9. The summed E-state index contributed by atoms with van der Waals surface area (Å²) >= 11 is 0. The molecule has 29 heavy (non-hydrogen) atoms. The number of anilines is 2. The molecule has 0 saturated heterocycles. The highest BCUT2D eigenvalue weighted by molar-refractivity contribution is 5.93. The van der Waals surface area contributed by atoms with Crippen LogP contribution in [0.25, 0.3) is 5.65 Å². The maximum atomic E-state index is 13.5. The van der Waals surface area contributed by atoms with E-state index < -0.39 is 17.6 Å². The van der Waals surface area contributed by atoms with Gasteiger partial charge in [0.15, 0.2) is 5.65 Å². The number of hydrogen-bond acceptors (Lipinski definition) is 4. The molecule has 2 heterocycles. The number of rotatable bonds is 4. The quantitative estimate of drug-likeness (QED) is 0.697. The standard InChI is InChI=1S/C19H20F3N5O2/c1-10-13(11(2)27-16(23-10)9-18(29)25-27)8-17(28)24-15-6-5-12(26(3)4)7-14(15)19(20,21)22/h5-7,9H,8H2,1-4H3,(H,24,28)(H,25,29). The third-order valence-corrected chi connectivity index (χ3v) is 4.64. The van der Waals surface area contributed by atoms with E-state index in [2.05, 4.69) is 15.4 Å². The van der Waals surface area contributed by atoms with Crippen LogP contribution in [0.2, 0.25) is 0 Å². The van der Waals surface area contributed by atoms with Crippen LogP contribution < -0.4 is 15.8 Å². The maximum Gasteiger partial charge on any atom is 0.418 e. The first-order valence-corrected chi connectivity index (χ1v) is 8.73. The minimum atomic E-state index is -4.62. The van der Waals surface area contributed by atoms with Gasteiger partial charge in [-0.1, -0.05) is 0 Å². The molecular weight excluding hydrogens is 387 g/mol. The molecule has 1 aromatic carbocycles. The first kappa shape index (κ1) is 20.4. The number of nitrogens with one attached hydrogen (secondary N) is 2. The molecular formula is C19H20F3N5O2. The van der Waals surface area contributed by atoms with Gasteiger partial charge in [0.25, 0.3) is 5.56 Å². The number of aryl methyl sites for hydroxylation is 2. The second-order valence-corrected chi connectivity index (χ2v) is 6.92. The van der Waals surface area contributed by atoms with Gasteiger partial charge in [0, 0.05) is 42.8 Å². The summed E-state index contributed by atoms with van der Waals surface area (Å²) in [7, 11) is 3.27. The van der Waals surface area contributed by atoms with E-state index in [9.17, 15) is 22.8 Å². The highest BCUT2D eigenvalue weighted by Crippen LogP contribution is 2.37. The van der Waals surface area contributed by atoms with Crippen LogP contribution in [0.15, 0.2) is 29.1 Å². The molecule has 0 aliphatic heterocycles. The zero-order valence-electron chi connectivity index (χ0n) is 16.3. The predicted octanol–water partition coefficient (Wildman–Crippen LogP) is 2.91. The lowest BCUT2D eigenvalue weighted by Crippen LogP contribution is -2.21. The largest absolute Gasteiger partial charge is 0.418 e. The van der Waals surface area contributed by atoms with E-state index in [1.807, 2.05) is 0 Å². The van der Waals surface area contributed by atoms with Gasteiger partial charge in [0.2, 0.25) is 5.91 Å². The van der Waals surface area contributed by atoms with Crippen LogP contribution in [0.5, 0.6) is 0 Å². The fraction of sp³-hybridized carbons (Fsp3) is 0.316. The van der Waals surface area contributed by atoms with E-state index in [0.29, 0.717) is 28.3 Å². The number of aromatic amines is 1. The number of halogens is 3. The Kier molecular flexibility index (Phi) is 5.12. The van der Waals surface area contributed by atoms with Gasteiger partial charge in [0.1, 0.15) is 0 Å². The first-order valence-electron chi connectivity index (χ1n) is 8.73. The summed E-state index contributed by atoms with van der Waals surface area (Å²) in [6, 6.07) is 5.05. The van der Waals surface area contributed by atoms with Crippen LogP contribution >= 0.6 is 0 Å². The minimum absolute atomic E-state index is 0.187. The lowest BCUT2D eigenvalue weighted by Gasteiger charge is -2.19.